The molecule has 0 aromatic heterocycles. The van der Waals surface area contributed by atoms with Crippen LogP contribution in [0.15, 0.2) is 42.5 Å². The van der Waals surface area contributed by atoms with Gasteiger partial charge in [-0.3, -0.25) is 14.9 Å². The van der Waals surface area contributed by atoms with E-state index < -0.39 is 22.3 Å². The van der Waals surface area contributed by atoms with Gasteiger partial charge in [0.2, 0.25) is 0 Å². The zero-order chi connectivity index (χ0) is 22.4. The fourth-order valence-electron chi connectivity index (χ4n) is 4.03. The predicted octanol–water partition coefficient (Wildman–Crippen LogP) is 4.27. The smallest absolute Gasteiger partial charge is 0.331 e. The molecule has 8 nitrogen and oxygen atoms in total. The quantitative estimate of drug-likeness (QED) is 0.320. The van der Waals surface area contributed by atoms with Gasteiger partial charge in [0.05, 0.1) is 19.1 Å². The molecule has 3 rings (SSSR count). The first kappa shape index (κ1) is 22.3. The van der Waals surface area contributed by atoms with E-state index in [1.54, 1.807) is 37.4 Å². The molecular weight excluding hydrogens is 400 g/mol. The summed E-state index contributed by atoms with van der Waals surface area (Å²) in [5, 5.41) is 14.5. The molecule has 1 N–H and O–H groups in total. The summed E-state index contributed by atoms with van der Waals surface area (Å²) in [6.07, 6.45) is 4.37. The van der Waals surface area contributed by atoms with Gasteiger partial charge in [-0.15, -0.1) is 0 Å². The second-order valence-electron chi connectivity index (χ2n) is 7.66. The average Bonchev–Trinajstić information content (AvgIpc) is 3.04. The van der Waals surface area contributed by atoms with Gasteiger partial charge < -0.3 is 14.8 Å². The average molecular weight is 426 g/mol. The molecule has 1 aliphatic carbocycles. The third kappa shape index (κ3) is 4.84. The molecule has 0 atom stereocenters. The molecule has 0 radical (unpaired) electrons. The normalized spacial score (nSPS) is 15.4. The van der Waals surface area contributed by atoms with Gasteiger partial charge in [-0.1, -0.05) is 43.9 Å². The fourth-order valence-corrected chi connectivity index (χ4v) is 4.03. The highest BCUT2D eigenvalue weighted by Gasteiger charge is 2.42. The van der Waals surface area contributed by atoms with Crippen LogP contribution in [-0.2, 0) is 9.53 Å². The maximum atomic E-state index is 13.1. The van der Waals surface area contributed by atoms with Crippen molar-refractivity contribution in [3.63, 3.8) is 0 Å². The first-order valence-corrected chi connectivity index (χ1v) is 10.2. The Labute approximate surface area is 180 Å². The number of nitro benzene ring substituents is 1. The van der Waals surface area contributed by atoms with Gasteiger partial charge in [0.25, 0.3) is 11.6 Å². The lowest BCUT2D eigenvalue weighted by atomic mass is 9.89. The van der Waals surface area contributed by atoms with Gasteiger partial charge in [-0.25, -0.2) is 4.79 Å². The maximum Gasteiger partial charge on any atom is 0.331 e. The van der Waals surface area contributed by atoms with Crippen LogP contribution >= 0.6 is 0 Å². The molecule has 0 saturated heterocycles. The van der Waals surface area contributed by atoms with Gasteiger partial charge >= 0.3 is 5.97 Å². The SMILES string of the molecule is COC(=O)C1(NC(=O)c2ccc(-c3ccc(OC)cc3)cc2[N+](=O)[O-])CCCCCC1. The number of methoxy groups -OCH3 is 2. The monoisotopic (exact) mass is 426 g/mol. The van der Waals surface area contributed by atoms with E-state index in [2.05, 4.69) is 5.32 Å². The van der Waals surface area contributed by atoms with Crippen LogP contribution in [0.1, 0.15) is 48.9 Å². The Bertz CT molecular complexity index is 963. The Kier molecular flexibility index (Phi) is 6.89. The van der Waals surface area contributed by atoms with Crippen LogP contribution in [0.5, 0.6) is 5.75 Å². The Morgan fingerprint density at radius 3 is 2.13 bits per heavy atom. The number of nitro groups is 1. The molecule has 31 heavy (non-hydrogen) atoms. The number of hydrogen-bond donors (Lipinski definition) is 1. The van der Waals surface area contributed by atoms with Crippen LogP contribution in [0, 0.1) is 10.1 Å². The predicted molar refractivity (Wildman–Crippen MR) is 115 cm³/mol. The van der Waals surface area contributed by atoms with Crippen LogP contribution in [0.3, 0.4) is 0 Å². The zero-order valence-electron chi connectivity index (χ0n) is 17.7. The number of benzene rings is 2. The Morgan fingerprint density at radius 2 is 1.58 bits per heavy atom. The third-order valence-electron chi connectivity index (χ3n) is 5.75. The number of ether oxygens (including phenoxy) is 2. The fraction of sp³-hybridized carbons (Fsp3) is 0.391. The lowest BCUT2D eigenvalue weighted by Gasteiger charge is -2.30. The number of carbonyl (C=O) groups is 2. The second kappa shape index (κ2) is 9.59. The number of hydrogen-bond acceptors (Lipinski definition) is 6. The number of nitrogens with one attached hydrogen (secondary N) is 1. The van der Waals surface area contributed by atoms with Crippen molar-refractivity contribution in [2.45, 2.75) is 44.1 Å². The largest absolute Gasteiger partial charge is 0.497 e. The van der Waals surface area contributed by atoms with Crippen LogP contribution in [0.25, 0.3) is 11.1 Å². The van der Waals surface area contributed by atoms with Crippen LogP contribution < -0.4 is 10.1 Å². The van der Waals surface area contributed by atoms with E-state index in [0.29, 0.717) is 24.2 Å². The molecule has 0 spiro atoms. The van der Waals surface area contributed by atoms with Crippen molar-refractivity contribution in [2.24, 2.45) is 0 Å². The van der Waals surface area contributed by atoms with Gasteiger partial charge in [0.1, 0.15) is 16.9 Å². The van der Waals surface area contributed by atoms with E-state index >= 15 is 0 Å². The third-order valence-corrected chi connectivity index (χ3v) is 5.75. The van der Waals surface area contributed by atoms with Crippen molar-refractivity contribution >= 4 is 17.6 Å². The van der Waals surface area contributed by atoms with Crippen molar-refractivity contribution < 1.29 is 24.0 Å². The Morgan fingerprint density at radius 1 is 0.968 bits per heavy atom. The van der Waals surface area contributed by atoms with E-state index in [0.717, 1.165) is 31.2 Å². The summed E-state index contributed by atoms with van der Waals surface area (Å²) in [6, 6.07) is 11.5. The lowest BCUT2D eigenvalue weighted by Crippen LogP contribution is -2.54. The van der Waals surface area contributed by atoms with Gasteiger partial charge in [0.15, 0.2) is 0 Å². The van der Waals surface area contributed by atoms with E-state index in [4.69, 9.17) is 9.47 Å². The maximum absolute atomic E-state index is 13.1. The van der Waals surface area contributed by atoms with Crippen LogP contribution in [0.4, 0.5) is 5.69 Å². The summed E-state index contributed by atoms with van der Waals surface area (Å²) in [6.45, 7) is 0. The number of amides is 1. The molecule has 2 aromatic rings. The van der Waals surface area contributed by atoms with Gasteiger partial charge in [-0.2, -0.15) is 0 Å². The summed E-state index contributed by atoms with van der Waals surface area (Å²) in [5.74, 6) is -0.494. The van der Waals surface area contributed by atoms with Crippen molar-refractivity contribution in [3.8, 4) is 16.9 Å². The molecule has 8 heteroatoms. The van der Waals surface area contributed by atoms with E-state index in [9.17, 15) is 19.7 Å². The highest BCUT2D eigenvalue weighted by atomic mass is 16.6. The standard InChI is InChI=1S/C23H26N2O6/c1-30-18-10-7-16(8-11-18)17-9-12-19(20(15-17)25(28)29)21(26)24-23(22(27)31-2)13-5-3-4-6-14-23/h7-12,15H,3-6,13-14H2,1-2H3,(H,24,26). The number of rotatable bonds is 6. The van der Waals surface area contributed by atoms with E-state index in [-0.39, 0.29) is 11.3 Å². The minimum atomic E-state index is -1.16. The molecular formula is C23H26N2O6. The zero-order valence-corrected chi connectivity index (χ0v) is 17.7. The minimum Gasteiger partial charge on any atom is -0.497 e. The number of esters is 1. The van der Waals surface area contributed by atoms with Crippen LogP contribution in [0.2, 0.25) is 0 Å². The summed E-state index contributed by atoms with van der Waals surface area (Å²) < 4.78 is 10.1. The van der Waals surface area contributed by atoms with Crippen molar-refractivity contribution in [1.29, 1.82) is 0 Å². The van der Waals surface area contributed by atoms with Gasteiger partial charge in [-0.05, 0) is 42.2 Å². The summed E-state index contributed by atoms with van der Waals surface area (Å²) in [5.41, 5.74) is -0.215. The van der Waals surface area contributed by atoms with Gasteiger partial charge in [0, 0.05) is 6.07 Å². The molecule has 164 valence electrons. The molecule has 0 bridgehead atoms. The molecule has 0 aliphatic heterocycles. The van der Waals surface area contributed by atoms with E-state index in [1.807, 2.05) is 0 Å². The molecule has 2 aromatic carbocycles. The number of nitrogens with zero attached hydrogens (tertiary/aromatic N) is 1. The highest BCUT2D eigenvalue weighted by molar-refractivity contribution is 6.01. The Balaban J connectivity index is 1.93. The summed E-state index contributed by atoms with van der Waals surface area (Å²) in [4.78, 5) is 36.8. The van der Waals surface area contributed by atoms with Crippen LogP contribution in [-0.4, -0.2) is 36.6 Å². The Hall–Kier alpha value is -3.42. The lowest BCUT2D eigenvalue weighted by molar-refractivity contribution is -0.385. The molecule has 1 saturated carbocycles. The first-order valence-electron chi connectivity index (χ1n) is 10.2. The minimum absolute atomic E-state index is 0.0882. The van der Waals surface area contributed by atoms with Crippen molar-refractivity contribution in [2.75, 3.05) is 14.2 Å². The molecule has 1 amide bonds. The molecule has 0 heterocycles. The van der Waals surface area contributed by atoms with Crippen molar-refractivity contribution in [1.82, 2.24) is 5.32 Å². The second-order valence-corrected chi connectivity index (χ2v) is 7.66. The summed E-state index contributed by atoms with van der Waals surface area (Å²) in [7, 11) is 2.84. The highest BCUT2D eigenvalue weighted by Crippen LogP contribution is 2.32. The topological polar surface area (TPSA) is 108 Å². The molecule has 1 aliphatic rings. The first-order chi connectivity index (χ1) is 14.9. The van der Waals surface area contributed by atoms with Crippen molar-refractivity contribution in [3.05, 3.63) is 58.1 Å². The number of carbonyl (C=O) groups excluding carboxylic acids is 2. The van der Waals surface area contributed by atoms with E-state index in [1.165, 1.54) is 19.2 Å². The summed E-state index contributed by atoms with van der Waals surface area (Å²) >= 11 is 0. The molecule has 0 unspecified atom stereocenters. The molecule has 1 fully saturated rings.